The van der Waals surface area contributed by atoms with Crippen molar-refractivity contribution in [2.75, 3.05) is 85.8 Å². The summed E-state index contributed by atoms with van der Waals surface area (Å²) in [6, 6.07) is -0.637. The van der Waals surface area contributed by atoms with E-state index in [-0.39, 0.29) is 32.0 Å². The second kappa shape index (κ2) is 21.7. The molecule has 220 valence electrons. The molecule has 1 rings (SSSR count). The average Bonchev–Trinajstić information content (AvgIpc) is 2.89. The lowest BCUT2D eigenvalue weighted by Gasteiger charge is -2.35. The Morgan fingerprint density at radius 3 is 1.55 bits per heavy atom. The molecule has 0 saturated carbocycles. The molecule has 0 aromatic heterocycles. The lowest BCUT2D eigenvalue weighted by Crippen LogP contribution is -2.63. The second-order valence-electron chi connectivity index (χ2n) is 8.38. The first kappa shape index (κ1) is 33.9. The Hall–Kier alpha value is -2.16. The molecule has 13 heteroatoms. The van der Waals surface area contributed by atoms with E-state index in [1.165, 1.54) is 0 Å². The normalized spacial score (nSPS) is 14.8. The van der Waals surface area contributed by atoms with Crippen LogP contribution >= 0.6 is 0 Å². The molecule has 0 spiro atoms. The molecule has 38 heavy (non-hydrogen) atoms. The van der Waals surface area contributed by atoms with Gasteiger partial charge in [-0.3, -0.25) is 20.2 Å². The van der Waals surface area contributed by atoms with Gasteiger partial charge < -0.3 is 33.7 Å². The van der Waals surface area contributed by atoms with Gasteiger partial charge in [-0.1, -0.05) is 13.3 Å². The number of amides is 4. The molecular weight excluding hydrogens is 500 g/mol. The van der Waals surface area contributed by atoms with Crippen LogP contribution in [0, 0.1) is 5.41 Å². The number of nitrogens with zero attached hydrogens (tertiary/aromatic N) is 1. The Bertz CT molecular complexity index is 662. The monoisotopic (exact) mass is 546 g/mol. The fourth-order valence-electron chi connectivity index (χ4n) is 3.40. The summed E-state index contributed by atoms with van der Waals surface area (Å²) in [5, 5.41) is 7.71. The minimum Gasteiger partial charge on any atom is -0.379 e. The van der Waals surface area contributed by atoms with Gasteiger partial charge in [-0.05, 0) is 33.1 Å². The average molecular weight is 547 g/mol. The van der Waals surface area contributed by atoms with Crippen LogP contribution in [0.1, 0.15) is 46.5 Å². The molecular formula is C25H46N4O9. The van der Waals surface area contributed by atoms with Crippen LogP contribution in [0.15, 0.2) is 4.99 Å². The van der Waals surface area contributed by atoms with Gasteiger partial charge in [0, 0.05) is 33.0 Å². The summed E-state index contributed by atoms with van der Waals surface area (Å²) < 4.78 is 32.5. The number of guanidine groups is 1. The lowest BCUT2D eigenvalue weighted by atomic mass is 9.78. The van der Waals surface area contributed by atoms with Crippen molar-refractivity contribution in [2.45, 2.75) is 46.5 Å². The SMILES string of the molecule is CCCCNC(=O)N=C1NC(=O)C(CCOCCOCCOCC)(CCOCCOCCOCC)C(=O)N1. The summed E-state index contributed by atoms with van der Waals surface area (Å²) in [7, 11) is 0. The maximum atomic E-state index is 13.1. The summed E-state index contributed by atoms with van der Waals surface area (Å²) >= 11 is 0. The number of carbonyl (C=O) groups excluding carboxylic acids is 3. The predicted molar refractivity (Wildman–Crippen MR) is 140 cm³/mol. The van der Waals surface area contributed by atoms with Crippen molar-refractivity contribution in [1.29, 1.82) is 0 Å². The quantitative estimate of drug-likeness (QED) is 0.126. The van der Waals surface area contributed by atoms with E-state index in [2.05, 4.69) is 20.9 Å². The Morgan fingerprint density at radius 2 is 1.13 bits per heavy atom. The zero-order chi connectivity index (χ0) is 27.9. The van der Waals surface area contributed by atoms with Crippen molar-refractivity contribution in [3.05, 3.63) is 0 Å². The van der Waals surface area contributed by atoms with E-state index in [9.17, 15) is 14.4 Å². The van der Waals surface area contributed by atoms with E-state index >= 15 is 0 Å². The molecule has 0 radical (unpaired) electrons. The van der Waals surface area contributed by atoms with Gasteiger partial charge in [0.05, 0.1) is 52.9 Å². The molecule has 0 atom stereocenters. The van der Waals surface area contributed by atoms with Gasteiger partial charge in [0.15, 0.2) is 0 Å². The van der Waals surface area contributed by atoms with Gasteiger partial charge in [0.1, 0.15) is 5.41 Å². The number of hydrogen-bond acceptors (Lipinski definition) is 9. The first-order valence-electron chi connectivity index (χ1n) is 13.5. The Labute approximate surface area is 225 Å². The van der Waals surface area contributed by atoms with Crippen LogP contribution in [0.4, 0.5) is 4.79 Å². The van der Waals surface area contributed by atoms with E-state index in [4.69, 9.17) is 28.4 Å². The van der Waals surface area contributed by atoms with Crippen molar-refractivity contribution >= 4 is 23.8 Å². The predicted octanol–water partition coefficient (Wildman–Crippen LogP) is 1.00. The summed E-state index contributed by atoms with van der Waals surface area (Å²) in [4.78, 5) is 42.0. The summed E-state index contributed by atoms with van der Waals surface area (Å²) in [6.07, 6.45) is 1.95. The smallest absolute Gasteiger partial charge is 0.344 e. The Morgan fingerprint density at radius 1 is 0.711 bits per heavy atom. The number of rotatable bonds is 23. The number of nitrogens with one attached hydrogen (secondary N) is 3. The Kier molecular flexibility index (Phi) is 19.4. The molecule has 0 aromatic rings. The molecule has 0 bridgehead atoms. The van der Waals surface area contributed by atoms with Crippen molar-refractivity contribution in [3.8, 4) is 0 Å². The zero-order valence-corrected chi connectivity index (χ0v) is 23.1. The van der Waals surface area contributed by atoms with E-state index in [1.54, 1.807) is 0 Å². The first-order chi connectivity index (χ1) is 18.5. The highest BCUT2D eigenvalue weighted by Gasteiger charge is 2.49. The van der Waals surface area contributed by atoms with Crippen LogP contribution in [0.5, 0.6) is 0 Å². The van der Waals surface area contributed by atoms with Gasteiger partial charge in [-0.25, -0.2) is 4.79 Å². The van der Waals surface area contributed by atoms with Crippen molar-refractivity contribution < 1.29 is 42.8 Å². The zero-order valence-electron chi connectivity index (χ0n) is 23.1. The molecule has 1 fully saturated rings. The van der Waals surface area contributed by atoms with Crippen molar-refractivity contribution in [2.24, 2.45) is 10.4 Å². The first-order valence-corrected chi connectivity index (χ1v) is 13.5. The number of aliphatic imine (C=N–C) groups is 1. The molecule has 0 aliphatic carbocycles. The number of urea groups is 1. The molecule has 1 heterocycles. The van der Waals surface area contributed by atoms with Gasteiger partial charge >= 0.3 is 6.03 Å². The van der Waals surface area contributed by atoms with E-state index in [0.717, 1.165) is 12.8 Å². The molecule has 1 saturated heterocycles. The molecule has 1 aliphatic heterocycles. The highest BCUT2D eigenvalue weighted by atomic mass is 16.5. The highest BCUT2D eigenvalue weighted by Crippen LogP contribution is 2.30. The van der Waals surface area contributed by atoms with E-state index < -0.39 is 23.3 Å². The maximum Gasteiger partial charge on any atom is 0.344 e. The summed E-state index contributed by atoms with van der Waals surface area (Å²) in [6.45, 7) is 11.2. The molecule has 4 amide bonds. The van der Waals surface area contributed by atoms with Gasteiger partial charge in [0.2, 0.25) is 17.8 Å². The second-order valence-corrected chi connectivity index (χ2v) is 8.38. The van der Waals surface area contributed by atoms with Crippen LogP contribution < -0.4 is 16.0 Å². The molecule has 3 N–H and O–H groups in total. The van der Waals surface area contributed by atoms with E-state index in [0.29, 0.717) is 72.6 Å². The van der Waals surface area contributed by atoms with Gasteiger partial charge in [0.25, 0.3) is 0 Å². The molecule has 13 nitrogen and oxygen atoms in total. The third-order valence-corrected chi connectivity index (χ3v) is 5.60. The Balaban J connectivity index is 2.61. The fraction of sp³-hybridized carbons (Fsp3) is 0.840. The number of carbonyl (C=O) groups is 3. The van der Waals surface area contributed by atoms with Crippen molar-refractivity contribution in [3.63, 3.8) is 0 Å². The number of ether oxygens (including phenoxy) is 6. The topological polar surface area (TPSA) is 155 Å². The van der Waals surface area contributed by atoms with Crippen molar-refractivity contribution in [1.82, 2.24) is 16.0 Å². The van der Waals surface area contributed by atoms with Gasteiger partial charge in [-0.15, -0.1) is 0 Å². The third kappa shape index (κ3) is 14.1. The standard InChI is InChI=1S/C25H46N4O9/c1-4-7-10-26-24(32)29-23-27-21(30)25(22(31)28-23,8-11-35-17-19-37-15-13-33-5-2)9-12-36-18-20-38-16-14-34-6-3/h4-20H2,1-3H3,(H3,26,27,28,29,30,31,32). The fourth-order valence-corrected chi connectivity index (χ4v) is 3.40. The minimum atomic E-state index is -1.44. The number of hydrogen-bond donors (Lipinski definition) is 3. The molecule has 1 aliphatic rings. The van der Waals surface area contributed by atoms with Crippen LogP contribution in [-0.2, 0) is 38.0 Å². The number of unbranched alkanes of at least 4 members (excludes halogenated alkanes) is 1. The molecule has 0 unspecified atom stereocenters. The van der Waals surface area contributed by atoms with Crippen LogP contribution in [0.25, 0.3) is 0 Å². The van der Waals surface area contributed by atoms with Crippen LogP contribution in [-0.4, -0.2) is 110 Å². The lowest BCUT2D eigenvalue weighted by molar-refractivity contribution is -0.147. The highest BCUT2D eigenvalue weighted by molar-refractivity contribution is 6.21. The van der Waals surface area contributed by atoms with Crippen LogP contribution in [0.3, 0.4) is 0 Å². The maximum absolute atomic E-state index is 13.1. The molecule has 0 aromatic carbocycles. The largest absolute Gasteiger partial charge is 0.379 e. The third-order valence-electron chi connectivity index (χ3n) is 5.60. The van der Waals surface area contributed by atoms with E-state index in [1.807, 2.05) is 20.8 Å². The van der Waals surface area contributed by atoms with Crippen LogP contribution in [0.2, 0.25) is 0 Å². The summed E-state index contributed by atoms with van der Waals surface area (Å²) in [5.41, 5.74) is -1.44. The van der Waals surface area contributed by atoms with Gasteiger partial charge in [-0.2, -0.15) is 4.99 Å². The minimum absolute atomic E-state index is 0.119. The summed E-state index contributed by atoms with van der Waals surface area (Å²) in [5.74, 6) is -1.32.